The number of hydrogen-bond donors (Lipinski definition) is 1. The van der Waals surface area contributed by atoms with Crippen molar-refractivity contribution in [1.82, 2.24) is 4.98 Å². The molecule has 5 nitrogen and oxygen atoms in total. The van der Waals surface area contributed by atoms with Crippen molar-refractivity contribution < 1.29 is 21.9 Å². The molecule has 0 atom stereocenters. The molecule has 0 saturated carbocycles. The summed E-state index contributed by atoms with van der Waals surface area (Å²) >= 11 is 1.63. The molecule has 0 aliphatic rings. The third kappa shape index (κ3) is 2.77. The number of rotatable bonds is 3. The minimum Gasteiger partial charge on any atom is -0.495 e. The number of aromatic nitrogens is 1. The van der Waals surface area contributed by atoms with Gasteiger partial charge in [-0.05, 0) is 28.7 Å². The third-order valence-corrected chi connectivity index (χ3v) is 3.67. The van der Waals surface area contributed by atoms with Crippen LogP contribution < -0.4 is 9.88 Å². The summed E-state index contributed by atoms with van der Waals surface area (Å²) in [5, 5.41) is 4.26. The predicted molar refractivity (Wildman–Crippen MR) is 59.8 cm³/mol. The van der Waals surface area contributed by atoms with Crippen LogP contribution in [0, 0.1) is 3.57 Å². The fraction of sp³-hybridized carbons (Fsp3) is 0.286. The lowest BCUT2D eigenvalue weighted by molar-refractivity contribution is 0.140. The van der Waals surface area contributed by atoms with Crippen LogP contribution in [0.5, 0.6) is 5.75 Å². The second-order valence-corrected chi connectivity index (χ2v) is 5.35. The number of ether oxygens (including phenoxy) is 1. The van der Waals surface area contributed by atoms with E-state index >= 15 is 0 Å². The lowest BCUT2D eigenvalue weighted by atomic mass is 10.3. The SMILES string of the molecule is COc1cc(I)c(S(N)(=O)=O)nc1C(F)F. The first-order valence-corrected chi connectivity index (χ1v) is 6.45. The van der Waals surface area contributed by atoms with Crippen LogP contribution in [0.4, 0.5) is 8.78 Å². The molecule has 9 heteroatoms. The van der Waals surface area contributed by atoms with Gasteiger partial charge < -0.3 is 4.74 Å². The van der Waals surface area contributed by atoms with E-state index in [-0.39, 0.29) is 9.32 Å². The van der Waals surface area contributed by atoms with Gasteiger partial charge in [0.25, 0.3) is 16.4 Å². The van der Waals surface area contributed by atoms with Crippen molar-refractivity contribution in [3.63, 3.8) is 0 Å². The average Bonchev–Trinajstić information content (AvgIpc) is 2.14. The van der Waals surface area contributed by atoms with E-state index in [1.165, 1.54) is 7.11 Å². The van der Waals surface area contributed by atoms with E-state index in [2.05, 4.69) is 9.72 Å². The predicted octanol–water partition coefficient (Wildman–Crippen LogP) is 1.28. The maximum absolute atomic E-state index is 12.5. The molecule has 1 heterocycles. The summed E-state index contributed by atoms with van der Waals surface area (Å²) in [5.74, 6) is -0.174. The van der Waals surface area contributed by atoms with Crippen molar-refractivity contribution in [3.8, 4) is 5.75 Å². The first kappa shape index (κ1) is 13.5. The maximum Gasteiger partial charge on any atom is 0.284 e. The molecule has 1 aromatic heterocycles. The van der Waals surface area contributed by atoms with Crippen LogP contribution in [0.2, 0.25) is 0 Å². The number of hydrogen-bond acceptors (Lipinski definition) is 4. The zero-order valence-corrected chi connectivity index (χ0v) is 10.9. The highest BCUT2D eigenvalue weighted by Gasteiger charge is 2.23. The van der Waals surface area contributed by atoms with Crippen LogP contribution >= 0.6 is 22.6 Å². The number of halogens is 3. The molecule has 0 unspecified atom stereocenters. The molecular weight excluding hydrogens is 357 g/mol. The number of primary sulfonamides is 1. The number of nitrogens with zero attached hydrogens (tertiary/aromatic N) is 1. The van der Waals surface area contributed by atoms with E-state index in [0.29, 0.717) is 0 Å². The largest absolute Gasteiger partial charge is 0.495 e. The highest BCUT2D eigenvalue weighted by atomic mass is 127. The Labute approximate surface area is 104 Å². The lowest BCUT2D eigenvalue weighted by Crippen LogP contribution is -2.17. The fourth-order valence-corrected chi connectivity index (χ4v) is 2.87. The van der Waals surface area contributed by atoms with E-state index < -0.39 is 27.2 Å². The van der Waals surface area contributed by atoms with Gasteiger partial charge in [0.05, 0.1) is 10.7 Å². The zero-order chi connectivity index (χ0) is 12.5. The van der Waals surface area contributed by atoms with Gasteiger partial charge in [0.2, 0.25) is 0 Å². The van der Waals surface area contributed by atoms with E-state index in [0.717, 1.165) is 6.07 Å². The molecule has 16 heavy (non-hydrogen) atoms. The van der Waals surface area contributed by atoms with Gasteiger partial charge in [-0.25, -0.2) is 27.3 Å². The van der Waals surface area contributed by atoms with Gasteiger partial charge in [0.15, 0.2) is 5.03 Å². The Bertz CT molecular complexity index is 507. The fourth-order valence-electron chi connectivity index (χ4n) is 0.988. The quantitative estimate of drug-likeness (QED) is 0.820. The molecule has 0 aliphatic heterocycles. The van der Waals surface area contributed by atoms with Gasteiger partial charge in [-0.15, -0.1) is 0 Å². The first-order chi connectivity index (χ1) is 7.27. The van der Waals surface area contributed by atoms with Crippen molar-refractivity contribution >= 4 is 32.6 Å². The standard InChI is InChI=1S/C7H7F2IN2O3S/c1-15-4-2-3(10)7(16(11,13)14)12-5(4)6(8)9/h2,6H,1H3,(H2,11,13,14). The Morgan fingerprint density at radius 2 is 2.12 bits per heavy atom. The van der Waals surface area contributed by atoms with Crippen LogP contribution in [0.1, 0.15) is 12.1 Å². The summed E-state index contributed by atoms with van der Waals surface area (Å²) in [6.45, 7) is 0. The number of sulfonamides is 1. The van der Waals surface area contributed by atoms with Gasteiger partial charge in [0, 0.05) is 0 Å². The molecule has 1 rings (SSSR count). The van der Waals surface area contributed by atoms with Crippen molar-refractivity contribution in [3.05, 3.63) is 15.3 Å². The van der Waals surface area contributed by atoms with Gasteiger partial charge >= 0.3 is 0 Å². The molecular formula is C7H7F2IN2O3S. The number of alkyl halides is 2. The Morgan fingerprint density at radius 3 is 2.50 bits per heavy atom. The summed E-state index contributed by atoms with van der Waals surface area (Å²) < 4.78 is 52.0. The van der Waals surface area contributed by atoms with E-state index in [9.17, 15) is 17.2 Å². The maximum atomic E-state index is 12.5. The highest BCUT2D eigenvalue weighted by Crippen LogP contribution is 2.30. The van der Waals surface area contributed by atoms with Crippen molar-refractivity contribution in [2.45, 2.75) is 11.5 Å². The average molecular weight is 364 g/mol. The van der Waals surface area contributed by atoms with E-state index in [1.807, 2.05) is 0 Å². The molecule has 0 fully saturated rings. The molecule has 0 saturated heterocycles. The lowest BCUT2D eigenvalue weighted by Gasteiger charge is -2.09. The van der Waals surface area contributed by atoms with Crippen LogP contribution in [0.15, 0.2) is 11.1 Å². The Kier molecular flexibility index (Phi) is 4.02. The summed E-state index contributed by atoms with van der Waals surface area (Å²) in [5.41, 5.74) is -0.744. The van der Waals surface area contributed by atoms with Gasteiger partial charge in [-0.1, -0.05) is 0 Å². The molecule has 0 spiro atoms. The van der Waals surface area contributed by atoms with E-state index in [1.54, 1.807) is 22.6 Å². The number of methoxy groups -OCH3 is 1. The minimum absolute atomic E-state index is 0.126. The van der Waals surface area contributed by atoms with Crippen molar-refractivity contribution in [2.24, 2.45) is 5.14 Å². The second-order valence-electron chi connectivity index (χ2n) is 2.71. The first-order valence-electron chi connectivity index (χ1n) is 3.82. The molecule has 0 radical (unpaired) electrons. The van der Waals surface area contributed by atoms with Crippen LogP contribution in [0.25, 0.3) is 0 Å². The molecule has 0 aromatic carbocycles. The van der Waals surface area contributed by atoms with Gasteiger partial charge in [-0.2, -0.15) is 0 Å². The number of nitrogens with two attached hydrogens (primary N) is 1. The van der Waals surface area contributed by atoms with Gasteiger partial charge in [-0.3, -0.25) is 0 Å². The smallest absolute Gasteiger partial charge is 0.284 e. The summed E-state index contributed by atoms with van der Waals surface area (Å²) in [6.07, 6.45) is -2.94. The third-order valence-electron chi connectivity index (χ3n) is 1.63. The molecule has 2 N–H and O–H groups in total. The summed E-state index contributed by atoms with van der Waals surface area (Å²) in [6, 6.07) is 1.15. The van der Waals surface area contributed by atoms with Crippen LogP contribution in [-0.2, 0) is 10.0 Å². The molecule has 0 bridgehead atoms. The van der Waals surface area contributed by atoms with Gasteiger partial charge in [0.1, 0.15) is 11.4 Å². The van der Waals surface area contributed by atoms with Crippen LogP contribution in [0.3, 0.4) is 0 Å². The second kappa shape index (κ2) is 4.75. The summed E-state index contributed by atoms with van der Waals surface area (Å²) in [4.78, 5) is 3.32. The molecule has 0 aliphatic carbocycles. The number of pyridine rings is 1. The van der Waals surface area contributed by atoms with Crippen molar-refractivity contribution in [1.29, 1.82) is 0 Å². The normalized spacial score (nSPS) is 11.9. The Balaban J connectivity index is 3.52. The molecule has 90 valence electrons. The Hall–Kier alpha value is -0.550. The van der Waals surface area contributed by atoms with Crippen LogP contribution in [-0.4, -0.2) is 20.5 Å². The van der Waals surface area contributed by atoms with E-state index in [4.69, 9.17) is 5.14 Å². The summed E-state index contributed by atoms with van der Waals surface area (Å²) in [7, 11) is -2.93. The molecule has 0 amide bonds. The monoisotopic (exact) mass is 364 g/mol. The molecule has 1 aromatic rings. The topological polar surface area (TPSA) is 82.3 Å². The Morgan fingerprint density at radius 1 is 1.56 bits per heavy atom. The zero-order valence-electron chi connectivity index (χ0n) is 7.95. The van der Waals surface area contributed by atoms with Crippen molar-refractivity contribution in [2.75, 3.05) is 7.11 Å². The minimum atomic E-state index is -4.12. The highest BCUT2D eigenvalue weighted by molar-refractivity contribution is 14.1.